The molecule has 0 spiro atoms. The number of carbonyl (C=O) groups is 1. The van der Waals surface area contributed by atoms with Crippen molar-refractivity contribution in [3.8, 4) is 0 Å². The second kappa shape index (κ2) is 4.46. The Bertz CT molecular complexity index is 617. The van der Waals surface area contributed by atoms with Crippen molar-refractivity contribution in [2.75, 3.05) is 4.90 Å². The van der Waals surface area contributed by atoms with Gasteiger partial charge in [0.25, 0.3) is 0 Å². The predicted molar refractivity (Wildman–Crippen MR) is 71.5 cm³/mol. The van der Waals surface area contributed by atoms with Crippen LogP contribution >= 0.6 is 0 Å². The summed E-state index contributed by atoms with van der Waals surface area (Å²) < 4.78 is 5.33. The molecule has 1 aliphatic rings. The van der Waals surface area contributed by atoms with Gasteiger partial charge in [0.15, 0.2) is 0 Å². The van der Waals surface area contributed by atoms with Gasteiger partial charge in [0.1, 0.15) is 11.3 Å². The molecule has 0 aliphatic carbocycles. The number of aromatic carboxylic acids is 1. The second-order valence-electron chi connectivity index (χ2n) is 4.87. The van der Waals surface area contributed by atoms with Crippen LogP contribution < -0.4 is 4.90 Å². The normalized spacial score (nSPS) is 17.5. The summed E-state index contributed by atoms with van der Waals surface area (Å²) in [5.41, 5.74) is 2.72. The molecule has 0 saturated carbocycles. The van der Waals surface area contributed by atoms with E-state index in [1.54, 1.807) is 0 Å². The first kappa shape index (κ1) is 11.8. The van der Waals surface area contributed by atoms with E-state index in [4.69, 9.17) is 9.52 Å². The number of para-hydroxylation sites is 1. The SMILES string of the molecule is C[C@@H]1Cc2ccccc2N1Cc1occc1C(=O)O. The van der Waals surface area contributed by atoms with Gasteiger partial charge in [-0.3, -0.25) is 0 Å². The molecule has 98 valence electrons. The molecule has 2 heterocycles. The average molecular weight is 257 g/mol. The first-order valence-electron chi connectivity index (χ1n) is 6.31. The number of rotatable bonds is 3. The number of furan rings is 1. The van der Waals surface area contributed by atoms with Gasteiger partial charge >= 0.3 is 5.97 Å². The molecule has 3 rings (SSSR count). The fourth-order valence-electron chi connectivity index (χ4n) is 2.68. The number of hydrogen-bond donors (Lipinski definition) is 1. The molecule has 19 heavy (non-hydrogen) atoms. The highest BCUT2D eigenvalue weighted by Gasteiger charge is 2.27. The van der Waals surface area contributed by atoms with E-state index in [0.29, 0.717) is 18.3 Å². The van der Waals surface area contributed by atoms with Crippen LogP contribution in [0.4, 0.5) is 5.69 Å². The first-order chi connectivity index (χ1) is 9.16. The quantitative estimate of drug-likeness (QED) is 0.918. The third-order valence-corrected chi connectivity index (χ3v) is 3.64. The fraction of sp³-hybridized carbons (Fsp3) is 0.267. The number of carboxylic acids is 1. The van der Waals surface area contributed by atoms with E-state index in [1.165, 1.54) is 23.6 Å². The Morgan fingerprint density at radius 3 is 3.00 bits per heavy atom. The van der Waals surface area contributed by atoms with E-state index >= 15 is 0 Å². The molecule has 0 unspecified atom stereocenters. The number of anilines is 1. The van der Waals surface area contributed by atoms with Gasteiger partial charge in [-0.1, -0.05) is 18.2 Å². The zero-order valence-electron chi connectivity index (χ0n) is 10.7. The minimum absolute atomic E-state index is 0.247. The van der Waals surface area contributed by atoms with E-state index in [1.807, 2.05) is 12.1 Å². The van der Waals surface area contributed by atoms with Crippen LogP contribution in [0, 0.1) is 0 Å². The highest BCUT2D eigenvalue weighted by molar-refractivity contribution is 5.88. The topological polar surface area (TPSA) is 53.7 Å². The Morgan fingerprint density at radius 2 is 2.21 bits per heavy atom. The maximum atomic E-state index is 11.1. The van der Waals surface area contributed by atoms with E-state index in [9.17, 15) is 4.79 Å². The highest BCUT2D eigenvalue weighted by atomic mass is 16.4. The molecule has 1 aliphatic heterocycles. The molecule has 1 N–H and O–H groups in total. The summed E-state index contributed by atoms with van der Waals surface area (Å²) in [5.74, 6) is -0.431. The number of benzene rings is 1. The summed E-state index contributed by atoms with van der Waals surface area (Å²) in [6.07, 6.45) is 2.42. The van der Waals surface area contributed by atoms with E-state index in [0.717, 1.165) is 6.42 Å². The van der Waals surface area contributed by atoms with Gasteiger partial charge in [0.2, 0.25) is 0 Å². The van der Waals surface area contributed by atoms with Crippen LogP contribution in [0.5, 0.6) is 0 Å². The molecule has 2 aromatic rings. The lowest BCUT2D eigenvalue weighted by molar-refractivity contribution is 0.0694. The molecule has 1 aromatic carbocycles. The van der Waals surface area contributed by atoms with E-state index in [2.05, 4.69) is 24.0 Å². The third-order valence-electron chi connectivity index (χ3n) is 3.64. The van der Waals surface area contributed by atoms with Crippen LogP contribution in [-0.2, 0) is 13.0 Å². The maximum absolute atomic E-state index is 11.1. The molecule has 0 bridgehead atoms. The van der Waals surface area contributed by atoms with Gasteiger partial charge in [0, 0.05) is 11.7 Å². The second-order valence-corrected chi connectivity index (χ2v) is 4.87. The number of fused-ring (bicyclic) bond motifs is 1. The Hall–Kier alpha value is -2.23. The summed E-state index contributed by atoms with van der Waals surface area (Å²) in [6, 6.07) is 10.1. The summed E-state index contributed by atoms with van der Waals surface area (Å²) in [5, 5.41) is 9.11. The van der Waals surface area contributed by atoms with Crippen molar-refractivity contribution in [1.82, 2.24) is 0 Å². The van der Waals surface area contributed by atoms with Crippen LogP contribution in [0.15, 0.2) is 41.0 Å². The van der Waals surface area contributed by atoms with Gasteiger partial charge < -0.3 is 14.4 Å². The third kappa shape index (κ3) is 1.99. The maximum Gasteiger partial charge on any atom is 0.339 e. The lowest BCUT2D eigenvalue weighted by Gasteiger charge is -2.24. The number of nitrogens with zero attached hydrogens (tertiary/aromatic N) is 1. The lowest BCUT2D eigenvalue weighted by Crippen LogP contribution is -2.29. The molecule has 1 aromatic heterocycles. The molecular formula is C15H15NO3. The lowest BCUT2D eigenvalue weighted by atomic mass is 10.1. The fourth-order valence-corrected chi connectivity index (χ4v) is 2.68. The largest absolute Gasteiger partial charge is 0.478 e. The zero-order chi connectivity index (χ0) is 13.4. The van der Waals surface area contributed by atoms with Crippen molar-refractivity contribution in [1.29, 1.82) is 0 Å². The van der Waals surface area contributed by atoms with Crippen molar-refractivity contribution in [2.24, 2.45) is 0 Å². The van der Waals surface area contributed by atoms with Crippen molar-refractivity contribution >= 4 is 11.7 Å². The molecule has 4 heteroatoms. The van der Waals surface area contributed by atoms with Crippen molar-refractivity contribution in [3.05, 3.63) is 53.5 Å². The molecule has 0 radical (unpaired) electrons. The molecule has 4 nitrogen and oxygen atoms in total. The Labute approximate surface area is 111 Å². The van der Waals surface area contributed by atoms with Crippen LogP contribution in [0.1, 0.15) is 28.6 Å². The standard InChI is InChI=1S/C15H15NO3/c1-10-8-11-4-2-3-5-13(11)16(10)9-14-12(15(17)18)6-7-19-14/h2-7,10H,8-9H2,1H3,(H,17,18)/t10-/m1/s1. The molecule has 0 amide bonds. The molecule has 1 atom stereocenters. The van der Waals surface area contributed by atoms with Crippen LogP contribution in [-0.4, -0.2) is 17.1 Å². The summed E-state index contributed by atoms with van der Waals surface area (Å²) in [6.45, 7) is 2.64. The number of hydrogen-bond acceptors (Lipinski definition) is 3. The summed E-state index contributed by atoms with van der Waals surface area (Å²) >= 11 is 0. The van der Waals surface area contributed by atoms with Gasteiger partial charge in [0.05, 0.1) is 12.8 Å². The van der Waals surface area contributed by atoms with Gasteiger partial charge in [-0.15, -0.1) is 0 Å². The van der Waals surface area contributed by atoms with Gasteiger partial charge in [-0.05, 0) is 31.0 Å². The highest BCUT2D eigenvalue weighted by Crippen LogP contribution is 2.33. The average Bonchev–Trinajstić information content (AvgIpc) is 2.96. The Balaban J connectivity index is 1.91. The first-order valence-corrected chi connectivity index (χ1v) is 6.31. The van der Waals surface area contributed by atoms with E-state index in [-0.39, 0.29) is 5.56 Å². The van der Waals surface area contributed by atoms with Crippen molar-refractivity contribution < 1.29 is 14.3 Å². The zero-order valence-corrected chi connectivity index (χ0v) is 10.7. The Morgan fingerprint density at radius 1 is 1.42 bits per heavy atom. The smallest absolute Gasteiger partial charge is 0.339 e. The van der Waals surface area contributed by atoms with Crippen LogP contribution in [0.3, 0.4) is 0 Å². The van der Waals surface area contributed by atoms with Crippen LogP contribution in [0.25, 0.3) is 0 Å². The van der Waals surface area contributed by atoms with Crippen LogP contribution in [0.2, 0.25) is 0 Å². The molecule has 0 saturated heterocycles. The Kier molecular flexibility index (Phi) is 2.78. The minimum Gasteiger partial charge on any atom is -0.478 e. The monoisotopic (exact) mass is 257 g/mol. The van der Waals surface area contributed by atoms with Crippen molar-refractivity contribution in [3.63, 3.8) is 0 Å². The summed E-state index contributed by atoms with van der Waals surface area (Å²) in [7, 11) is 0. The van der Waals surface area contributed by atoms with E-state index < -0.39 is 5.97 Å². The summed E-state index contributed by atoms with van der Waals surface area (Å²) in [4.78, 5) is 13.3. The molecular weight excluding hydrogens is 242 g/mol. The van der Waals surface area contributed by atoms with Crippen molar-refractivity contribution in [2.45, 2.75) is 25.9 Å². The number of carboxylic acid groups (broad SMARTS) is 1. The predicted octanol–water partition coefficient (Wildman–Crippen LogP) is 2.93. The molecule has 0 fully saturated rings. The minimum atomic E-state index is -0.941. The van der Waals surface area contributed by atoms with Gasteiger partial charge in [-0.25, -0.2) is 4.79 Å². The van der Waals surface area contributed by atoms with Gasteiger partial charge in [-0.2, -0.15) is 0 Å².